The number of fused-ring (bicyclic) bond motifs is 1. The number of aromatic nitrogens is 1. The van der Waals surface area contributed by atoms with Gasteiger partial charge in [-0.2, -0.15) is 0 Å². The molecule has 3 rings (SSSR count). The maximum Gasteiger partial charge on any atom is 0.275 e. The largest absolute Gasteiger partial charge is 0.495 e. The third kappa shape index (κ3) is 2.63. The Morgan fingerprint density at radius 2 is 1.95 bits per heavy atom. The van der Waals surface area contributed by atoms with Gasteiger partial charge < -0.3 is 10.1 Å². The monoisotopic (exact) mass is 292 g/mol. The minimum Gasteiger partial charge on any atom is -0.495 e. The van der Waals surface area contributed by atoms with Crippen molar-refractivity contribution in [2.45, 2.75) is 6.92 Å². The first kappa shape index (κ1) is 14.1. The molecule has 0 spiro atoms. The van der Waals surface area contributed by atoms with Crippen molar-refractivity contribution in [3.63, 3.8) is 0 Å². The van der Waals surface area contributed by atoms with Crippen LogP contribution in [0.4, 0.5) is 5.69 Å². The van der Waals surface area contributed by atoms with Crippen molar-refractivity contribution in [2.24, 2.45) is 0 Å². The number of nitrogens with zero attached hydrogens (tertiary/aromatic N) is 1. The van der Waals surface area contributed by atoms with Crippen LogP contribution in [0.5, 0.6) is 5.75 Å². The number of carbonyl (C=O) groups is 1. The maximum absolute atomic E-state index is 12.6. The Morgan fingerprint density at radius 1 is 1.14 bits per heavy atom. The highest BCUT2D eigenvalue weighted by molar-refractivity contribution is 6.11. The highest BCUT2D eigenvalue weighted by Gasteiger charge is 2.14. The molecule has 0 fully saturated rings. The quantitative estimate of drug-likeness (QED) is 0.798. The molecule has 0 atom stereocenters. The van der Waals surface area contributed by atoms with Crippen LogP contribution in [-0.2, 0) is 0 Å². The second kappa shape index (κ2) is 5.85. The number of pyridine rings is 1. The zero-order chi connectivity index (χ0) is 15.5. The molecular weight excluding hydrogens is 276 g/mol. The number of carbonyl (C=O) groups excluding carboxylic acids is 1. The Bertz CT molecular complexity index is 838. The lowest BCUT2D eigenvalue weighted by molar-refractivity contribution is 0.102. The average Bonchev–Trinajstić information content (AvgIpc) is 2.54. The third-order valence-corrected chi connectivity index (χ3v) is 3.49. The van der Waals surface area contributed by atoms with Crippen molar-refractivity contribution in [1.29, 1.82) is 0 Å². The van der Waals surface area contributed by atoms with Gasteiger partial charge in [-0.1, -0.05) is 30.3 Å². The van der Waals surface area contributed by atoms with E-state index in [1.807, 2.05) is 55.5 Å². The lowest BCUT2D eigenvalue weighted by Crippen LogP contribution is -2.14. The van der Waals surface area contributed by atoms with Crippen LogP contribution in [0.3, 0.4) is 0 Å². The maximum atomic E-state index is 12.6. The average molecular weight is 292 g/mol. The zero-order valence-corrected chi connectivity index (χ0v) is 12.5. The lowest BCUT2D eigenvalue weighted by Gasteiger charge is -2.11. The number of nitrogens with one attached hydrogen (secondary N) is 1. The van der Waals surface area contributed by atoms with Crippen LogP contribution in [0, 0.1) is 6.92 Å². The van der Waals surface area contributed by atoms with Gasteiger partial charge in [0, 0.05) is 11.6 Å². The minimum absolute atomic E-state index is 0.249. The highest BCUT2D eigenvalue weighted by atomic mass is 16.5. The molecular formula is C18H16N2O2. The normalized spacial score (nSPS) is 10.5. The lowest BCUT2D eigenvalue weighted by atomic mass is 10.1. The molecule has 2 aromatic carbocycles. The predicted molar refractivity (Wildman–Crippen MR) is 87.4 cm³/mol. The van der Waals surface area contributed by atoms with Gasteiger partial charge in [-0.15, -0.1) is 0 Å². The summed E-state index contributed by atoms with van der Waals surface area (Å²) in [4.78, 5) is 16.8. The molecule has 0 unspecified atom stereocenters. The second-order valence-electron chi connectivity index (χ2n) is 5.04. The standard InChI is InChI=1S/C18H16N2O2/c1-12-7-8-16(22-2)15(11-12)20-18(21)17-14-6-4-3-5-13(14)9-10-19-17/h3-11H,1-2H3,(H,20,21). The summed E-state index contributed by atoms with van der Waals surface area (Å²) in [5.74, 6) is 0.375. The van der Waals surface area contributed by atoms with E-state index in [4.69, 9.17) is 4.74 Å². The first-order valence-electron chi connectivity index (χ1n) is 6.99. The molecule has 0 saturated heterocycles. The number of methoxy groups -OCH3 is 1. The zero-order valence-electron chi connectivity index (χ0n) is 12.5. The fraction of sp³-hybridized carbons (Fsp3) is 0.111. The van der Waals surface area contributed by atoms with E-state index in [-0.39, 0.29) is 5.91 Å². The summed E-state index contributed by atoms with van der Waals surface area (Å²) in [5, 5.41) is 4.70. The van der Waals surface area contributed by atoms with E-state index < -0.39 is 0 Å². The van der Waals surface area contributed by atoms with E-state index in [1.54, 1.807) is 13.3 Å². The second-order valence-corrected chi connectivity index (χ2v) is 5.04. The van der Waals surface area contributed by atoms with Gasteiger partial charge >= 0.3 is 0 Å². The van der Waals surface area contributed by atoms with Crippen LogP contribution in [0.25, 0.3) is 10.8 Å². The van der Waals surface area contributed by atoms with Crippen LogP contribution in [0.1, 0.15) is 16.1 Å². The van der Waals surface area contributed by atoms with Gasteiger partial charge in [0.1, 0.15) is 11.4 Å². The number of anilines is 1. The van der Waals surface area contributed by atoms with Gasteiger partial charge in [0.25, 0.3) is 5.91 Å². The number of ether oxygens (including phenoxy) is 1. The van der Waals surface area contributed by atoms with Crippen molar-refractivity contribution in [3.8, 4) is 5.75 Å². The van der Waals surface area contributed by atoms with Gasteiger partial charge in [-0.05, 0) is 36.1 Å². The molecule has 1 heterocycles. The molecule has 4 heteroatoms. The summed E-state index contributed by atoms with van der Waals surface area (Å²) in [6, 6.07) is 15.2. The Labute approximate surface area is 128 Å². The summed E-state index contributed by atoms with van der Waals surface area (Å²) in [7, 11) is 1.58. The molecule has 0 saturated carbocycles. The van der Waals surface area contributed by atoms with Crippen molar-refractivity contribution < 1.29 is 9.53 Å². The summed E-state index contributed by atoms with van der Waals surface area (Å²) in [6.45, 7) is 1.96. The van der Waals surface area contributed by atoms with Crippen LogP contribution in [0.15, 0.2) is 54.7 Å². The summed E-state index contributed by atoms with van der Waals surface area (Å²) in [5.41, 5.74) is 2.09. The fourth-order valence-electron chi connectivity index (χ4n) is 2.40. The number of benzene rings is 2. The molecule has 0 bridgehead atoms. The Morgan fingerprint density at radius 3 is 2.77 bits per heavy atom. The summed E-state index contributed by atoms with van der Waals surface area (Å²) in [6.07, 6.45) is 1.64. The van der Waals surface area contributed by atoms with Crippen molar-refractivity contribution in [3.05, 3.63) is 66.0 Å². The molecule has 1 N–H and O–H groups in total. The van der Waals surface area contributed by atoms with Crippen LogP contribution in [0.2, 0.25) is 0 Å². The number of aryl methyl sites for hydroxylation is 1. The summed E-state index contributed by atoms with van der Waals surface area (Å²) >= 11 is 0. The molecule has 3 aromatic rings. The van der Waals surface area contributed by atoms with E-state index in [9.17, 15) is 4.79 Å². The topological polar surface area (TPSA) is 51.2 Å². The molecule has 0 aliphatic heterocycles. The molecule has 1 aromatic heterocycles. The molecule has 0 aliphatic carbocycles. The van der Waals surface area contributed by atoms with E-state index in [0.29, 0.717) is 17.1 Å². The summed E-state index contributed by atoms with van der Waals surface area (Å²) < 4.78 is 5.29. The van der Waals surface area contributed by atoms with Gasteiger partial charge in [-0.25, -0.2) is 0 Å². The smallest absolute Gasteiger partial charge is 0.275 e. The van der Waals surface area contributed by atoms with Crippen molar-refractivity contribution in [1.82, 2.24) is 4.98 Å². The van der Waals surface area contributed by atoms with Crippen LogP contribution in [-0.4, -0.2) is 18.0 Å². The van der Waals surface area contributed by atoms with Crippen molar-refractivity contribution >= 4 is 22.4 Å². The Kier molecular flexibility index (Phi) is 3.74. The van der Waals surface area contributed by atoms with Gasteiger partial charge in [0.05, 0.1) is 12.8 Å². The number of hydrogen-bond donors (Lipinski definition) is 1. The number of amides is 1. The van der Waals surface area contributed by atoms with E-state index in [0.717, 1.165) is 16.3 Å². The first-order valence-corrected chi connectivity index (χ1v) is 6.99. The predicted octanol–water partition coefficient (Wildman–Crippen LogP) is 3.80. The SMILES string of the molecule is COc1ccc(C)cc1NC(=O)c1nccc2ccccc12. The first-order chi connectivity index (χ1) is 10.7. The number of hydrogen-bond acceptors (Lipinski definition) is 3. The molecule has 22 heavy (non-hydrogen) atoms. The van der Waals surface area contributed by atoms with Gasteiger partial charge in [0.2, 0.25) is 0 Å². The fourth-order valence-corrected chi connectivity index (χ4v) is 2.40. The third-order valence-electron chi connectivity index (χ3n) is 3.49. The minimum atomic E-state index is -0.249. The van der Waals surface area contributed by atoms with Gasteiger partial charge in [0.15, 0.2) is 0 Å². The van der Waals surface area contributed by atoms with Crippen LogP contribution >= 0.6 is 0 Å². The molecule has 1 amide bonds. The van der Waals surface area contributed by atoms with Crippen LogP contribution < -0.4 is 10.1 Å². The highest BCUT2D eigenvalue weighted by Crippen LogP contribution is 2.26. The molecule has 0 aliphatic rings. The molecule has 110 valence electrons. The number of rotatable bonds is 3. The van der Waals surface area contributed by atoms with E-state index in [1.165, 1.54) is 0 Å². The van der Waals surface area contributed by atoms with Gasteiger partial charge in [-0.3, -0.25) is 9.78 Å². The Balaban J connectivity index is 1.99. The Hall–Kier alpha value is -2.88. The molecule has 4 nitrogen and oxygen atoms in total. The van der Waals surface area contributed by atoms with E-state index in [2.05, 4.69) is 10.3 Å². The van der Waals surface area contributed by atoms with Crippen molar-refractivity contribution in [2.75, 3.05) is 12.4 Å². The molecule has 0 radical (unpaired) electrons. The van der Waals surface area contributed by atoms with E-state index >= 15 is 0 Å².